The predicted molar refractivity (Wildman–Crippen MR) is 50.6 cm³/mol. The molecule has 0 saturated carbocycles. The van der Waals surface area contributed by atoms with Gasteiger partial charge in [-0.25, -0.2) is 0 Å². The average Bonchev–Trinajstić information content (AvgIpc) is 2.14. The van der Waals surface area contributed by atoms with Crippen molar-refractivity contribution >= 4 is 5.97 Å². The second-order valence-corrected chi connectivity index (χ2v) is 3.84. The quantitative estimate of drug-likeness (QED) is 0.567. The second kappa shape index (κ2) is 6.29. The number of rotatable bonds is 5. The Morgan fingerprint density at radius 1 is 1.17 bits per heavy atom. The van der Waals surface area contributed by atoms with Crippen molar-refractivity contribution < 1.29 is 35.9 Å². The van der Waals surface area contributed by atoms with Crippen molar-refractivity contribution in [2.24, 2.45) is 11.8 Å². The van der Waals surface area contributed by atoms with Gasteiger partial charge in [0.2, 0.25) is 0 Å². The first kappa shape index (κ1) is 17.1. The Bertz CT molecular complexity index is 271. The molecule has 0 rings (SSSR count). The maximum atomic E-state index is 12.4. The summed E-state index contributed by atoms with van der Waals surface area (Å²) in [6, 6.07) is 0. The largest absolute Gasteiger partial charge is 0.466 e. The van der Waals surface area contributed by atoms with E-state index in [1.54, 1.807) is 0 Å². The Kier molecular flexibility index (Phi) is 5.95. The topological polar surface area (TPSA) is 26.3 Å². The molecule has 8 heteroatoms. The van der Waals surface area contributed by atoms with Crippen molar-refractivity contribution in [2.75, 3.05) is 6.61 Å². The molecule has 0 saturated heterocycles. The van der Waals surface area contributed by atoms with Crippen LogP contribution in [0.2, 0.25) is 0 Å². The highest BCUT2D eigenvalue weighted by atomic mass is 19.4. The van der Waals surface area contributed by atoms with Crippen molar-refractivity contribution in [3.8, 4) is 0 Å². The van der Waals surface area contributed by atoms with Crippen LogP contribution in [0.1, 0.15) is 26.7 Å². The van der Waals surface area contributed by atoms with Crippen LogP contribution in [0.25, 0.3) is 0 Å². The van der Waals surface area contributed by atoms with Gasteiger partial charge < -0.3 is 4.74 Å². The van der Waals surface area contributed by atoms with Crippen molar-refractivity contribution in [3.63, 3.8) is 0 Å². The van der Waals surface area contributed by atoms with Gasteiger partial charge in [0.25, 0.3) is 0 Å². The van der Waals surface area contributed by atoms with Gasteiger partial charge in [0.15, 0.2) is 0 Å². The predicted octanol–water partition coefficient (Wildman–Crippen LogP) is 3.71. The summed E-state index contributed by atoms with van der Waals surface area (Å²) >= 11 is 0. The smallest absolute Gasteiger partial charge is 0.392 e. The number of esters is 1. The van der Waals surface area contributed by atoms with Crippen LogP contribution >= 0.6 is 0 Å². The average molecular weight is 280 g/mol. The molecule has 0 bridgehead atoms. The van der Waals surface area contributed by atoms with Crippen LogP contribution < -0.4 is 0 Å². The molecule has 0 N–H and O–H groups in total. The van der Waals surface area contributed by atoms with Crippen molar-refractivity contribution in [1.82, 2.24) is 0 Å². The van der Waals surface area contributed by atoms with E-state index in [1.807, 2.05) is 0 Å². The molecule has 0 aromatic heterocycles. The fraction of sp³-hybridized carbons (Fsp3) is 0.900. The fourth-order valence-corrected chi connectivity index (χ4v) is 1.37. The first-order valence-electron chi connectivity index (χ1n) is 5.29. The van der Waals surface area contributed by atoms with Gasteiger partial charge in [-0.15, -0.1) is 0 Å². The third-order valence-corrected chi connectivity index (χ3v) is 2.45. The Balaban J connectivity index is 4.78. The molecule has 0 radical (unpaired) electrons. The van der Waals surface area contributed by atoms with Crippen LogP contribution in [0.4, 0.5) is 26.3 Å². The lowest BCUT2D eigenvalue weighted by Crippen LogP contribution is -2.34. The Morgan fingerprint density at radius 3 is 2.00 bits per heavy atom. The zero-order chi connectivity index (χ0) is 14.6. The molecule has 0 aromatic rings. The van der Waals surface area contributed by atoms with Crippen molar-refractivity contribution in [1.29, 1.82) is 0 Å². The lowest BCUT2D eigenvalue weighted by atomic mass is 9.89. The van der Waals surface area contributed by atoms with Crippen LogP contribution in [-0.4, -0.2) is 24.9 Å². The molecule has 18 heavy (non-hydrogen) atoms. The number of hydrogen-bond donors (Lipinski definition) is 0. The number of alkyl halides is 6. The first-order chi connectivity index (χ1) is 7.99. The summed E-state index contributed by atoms with van der Waals surface area (Å²) in [5.74, 6) is -5.24. The molecule has 0 aliphatic heterocycles. The highest BCUT2D eigenvalue weighted by Crippen LogP contribution is 2.36. The molecule has 2 nitrogen and oxygen atoms in total. The monoisotopic (exact) mass is 280 g/mol. The molecular formula is C10H14F6O2. The van der Waals surface area contributed by atoms with Gasteiger partial charge in [-0.05, 0) is 13.3 Å². The standard InChI is InChI=1S/C10H14F6O2/c1-3-18-8(17)7(4-5-9(11,12)13)6(2)10(14,15)16/h6-7H,3-5H2,1-2H3. The summed E-state index contributed by atoms with van der Waals surface area (Å²) in [5, 5.41) is 0. The van der Waals surface area contributed by atoms with E-state index in [0.717, 1.165) is 0 Å². The van der Waals surface area contributed by atoms with Gasteiger partial charge in [-0.2, -0.15) is 26.3 Å². The lowest BCUT2D eigenvalue weighted by Gasteiger charge is -2.24. The first-order valence-corrected chi connectivity index (χ1v) is 5.29. The molecule has 0 aliphatic carbocycles. The molecule has 0 spiro atoms. The Hall–Kier alpha value is -0.950. The highest BCUT2D eigenvalue weighted by molar-refractivity contribution is 5.72. The molecule has 0 aromatic carbocycles. The van der Waals surface area contributed by atoms with E-state index in [4.69, 9.17) is 0 Å². The van der Waals surface area contributed by atoms with E-state index in [0.29, 0.717) is 6.92 Å². The van der Waals surface area contributed by atoms with Crippen LogP contribution in [0.15, 0.2) is 0 Å². The van der Waals surface area contributed by atoms with Crippen molar-refractivity contribution in [3.05, 3.63) is 0 Å². The SMILES string of the molecule is CCOC(=O)C(CCC(F)(F)F)C(C)C(F)(F)F. The van der Waals surface area contributed by atoms with E-state index in [2.05, 4.69) is 4.74 Å². The number of ether oxygens (including phenoxy) is 1. The van der Waals surface area contributed by atoms with Crippen LogP contribution in [0.5, 0.6) is 0 Å². The van der Waals surface area contributed by atoms with Crippen LogP contribution in [-0.2, 0) is 9.53 Å². The van der Waals surface area contributed by atoms with E-state index in [9.17, 15) is 31.1 Å². The maximum absolute atomic E-state index is 12.4. The molecule has 0 fully saturated rings. The molecule has 2 unspecified atom stereocenters. The maximum Gasteiger partial charge on any atom is 0.392 e. The second-order valence-electron chi connectivity index (χ2n) is 3.84. The van der Waals surface area contributed by atoms with E-state index < -0.39 is 43.0 Å². The van der Waals surface area contributed by atoms with Crippen LogP contribution in [0, 0.1) is 11.8 Å². The third-order valence-electron chi connectivity index (χ3n) is 2.45. The fourth-order valence-electron chi connectivity index (χ4n) is 1.37. The van der Waals surface area contributed by atoms with Crippen LogP contribution in [0.3, 0.4) is 0 Å². The Morgan fingerprint density at radius 2 is 1.67 bits per heavy atom. The van der Waals surface area contributed by atoms with E-state index in [-0.39, 0.29) is 6.61 Å². The number of carbonyl (C=O) groups excluding carboxylic acids is 1. The number of carbonyl (C=O) groups is 1. The number of hydrogen-bond acceptors (Lipinski definition) is 2. The minimum Gasteiger partial charge on any atom is -0.466 e. The molecule has 108 valence electrons. The minimum atomic E-state index is -4.73. The third kappa shape index (κ3) is 6.11. The van der Waals surface area contributed by atoms with Gasteiger partial charge in [0.05, 0.1) is 18.4 Å². The van der Waals surface area contributed by atoms with Gasteiger partial charge in [-0.1, -0.05) is 6.92 Å². The molecule has 0 aliphatic rings. The normalized spacial score (nSPS) is 16.2. The molecule has 2 atom stereocenters. The van der Waals surface area contributed by atoms with Gasteiger partial charge in [-0.3, -0.25) is 4.79 Å². The minimum absolute atomic E-state index is 0.175. The van der Waals surface area contributed by atoms with Crippen molar-refractivity contribution in [2.45, 2.75) is 39.0 Å². The summed E-state index contributed by atoms with van der Waals surface area (Å²) in [7, 11) is 0. The van der Waals surface area contributed by atoms with Gasteiger partial charge in [0.1, 0.15) is 0 Å². The van der Waals surface area contributed by atoms with E-state index in [1.165, 1.54) is 6.92 Å². The summed E-state index contributed by atoms with van der Waals surface area (Å²) < 4.78 is 77.6. The molecular weight excluding hydrogens is 266 g/mol. The van der Waals surface area contributed by atoms with Gasteiger partial charge in [0, 0.05) is 6.42 Å². The van der Waals surface area contributed by atoms with Gasteiger partial charge >= 0.3 is 18.3 Å². The van der Waals surface area contributed by atoms with E-state index >= 15 is 0 Å². The summed E-state index contributed by atoms with van der Waals surface area (Å²) in [6.45, 7) is 1.88. The number of halogens is 6. The zero-order valence-corrected chi connectivity index (χ0v) is 9.86. The molecule has 0 heterocycles. The highest BCUT2D eigenvalue weighted by Gasteiger charge is 2.45. The Labute approximate surface area is 100 Å². The summed E-state index contributed by atoms with van der Waals surface area (Å²) in [6.07, 6.45) is -11.7. The molecule has 0 amide bonds. The summed E-state index contributed by atoms with van der Waals surface area (Å²) in [5.41, 5.74) is 0. The lowest BCUT2D eigenvalue weighted by molar-refractivity contribution is -0.199. The zero-order valence-electron chi connectivity index (χ0n) is 9.86. The summed E-state index contributed by atoms with van der Waals surface area (Å²) in [4.78, 5) is 11.3.